The highest BCUT2D eigenvalue weighted by Gasteiger charge is 2.41. The summed E-state index contributed by atoms with van der Waals surface area (Å²) in [5, 5.41) is 11.9. The van der Waals surface area contributed by atoms with Gasteiger partial charge in [0.2, 0.25) is 0 Å². The predicted molar refractivity (Wildman–Crippen MR) is 106 cm³/mol. The summed E-state index contributed by atoms with van der Waals surface area (Å²) in [7, 11) is 2.22. The second-order valence-corrected chi connectivity index (χ2v) is 7.34. The number of hydrogen-bond donors (Lipinski definition) is 1. The minimum atomic E-state index is 0.286. The molecule has 1 N–H and O–H groups in total. The second kappa shape index (κ2) is 6.62. The van der Waals surface area contributed by atoms with E-state index in [1.807, 2.05) is 16.8 Å². The van der Waals surface area contributed by atoms with Gasteiger partial charge in [0.25, 0.3) is 0 Å². The lowest BCUT2D eigenvalue weighted by Gasteiger charge is -2.33. The maximum atomic E-state index is 8.79. The van der Waals surface area contributed by atoms with Gasteiger partial charge in [0.15, 0.2) is 5.69 Å². The van der Waals surface area contributed by atoms with Crippen molar-refractivity contribution in [2.75, 3.05) is 30.4 Å². The van der Waals surface area contributed by atoms with E-state index in [1.165, 1.54) is 24.5 Å². The number of benzene rings is 1. The molecule has 2 aromatic heterocycles. The molecule has 0 saturated carbocycles. The molecule has 4 heterocycles. The van der Waals surface area contributed by atoms with Gasteiger partial charge in [0.1, 0.15) is 24.0 Å². The molecule has 2 saturated heterocycles. The molecule has 0 amide bonds. The van der Waals surface area contributed by atoms with Crippen LogP contribution in [0.15, 0.2) is 49.2 Å². The molecular weight excluding hydrogens is 352 g/mol. The number of aromatic nitrogens is 4. The number of hydrogen-bond acceptors (Lipinski definition) is 7. The van der Waals surface area contributed by atoms with Gasteiger partial charge in [-0.1, -0.05) is 0 Å². The molecule has 0 aliphatic carbocycles. The van der Waals surface area contributed by atoms with Gasteiger partial charge in [-0.15, -0.1) is 0 Å². The highest BCUT2D eigenvalue weighted by molar-refractivity contribution is 5.55. The van der Waals surface area contributed by atoms with E-state index in [9.17, 15) is 0 Å². The van der Waals surface area contributed by atoms with E-state index in [4.69, 9.17) is 5.26 Å². The van der Waals surface area contributed by atoms with Crippen LogP contribution in [0.4, 0.5) is 17.3 Å². The van der Waals surface area contributed by atoms with E-state index in [0.29, 0.717) is 23.7 Å². The lowest BCUT2D eigenvalue weighted by molar-refractivity contribution is 0.292. The third-order valence-electron chi connectivity index (χ3n) is 5.60. The molecule has 5 rings (SSSR count). The topological polar surface area (TPSA) is 85.9 Å². The Bertz CT molecular complexity index is 1020. The SMILES string of the molecule is CN1CC2CC1CN2c1ccc(-n2cnc(Nc3cnc(C#N)cn3)c2)cc1. The van der Waals surface area contributed by atoms with E-state index in [-0.39, 0.29) is 5.69 Å². The Balaban J connectivity index is 1.28. The monoisotopic (exact) mass is 372 g/mol. The summed E-state index contributed by atoms with van der Waals surface area (Å²) in [4.78, 5) is 17.5. The Morgan fingerprint density at radius 2 is 1.82 bits per heavy atom. The van der Waals surface area contributed by atoms with Crippen LogP contribution in [0.5, 0.6) is 0 Å². The van der Waals surface area contributed by atoms with Crippen molar-refractivity contribution in [2.24, 2.45) is 0 Å². The van der Waals surface area contributed by atoms with E-state index in [2.05, 4.69) is 61.4 Å². The minimum Gasteiger partial charge on any atom is -0.366 e. The van der Waals surface area contributed by atoms with Crippen molar-refractivity contribution in [1.82, 2.24) is 24.4 Å². The Kier molecular flexibility index (Phi) is 3.95. The molecule has 2 unspecified atom stereocenters. The van der Waals surface area contributed by atoms with Crippen LogP contribution < -0.4 is 10.2 Å². The van der Waals surface area contributed by atoms with Crippen molar-refractivity contribution in [3.8, 4) is 11.8 Å². The van der Waals surface area contributed by atoms with Crippen LogP contribution in [-0.2, 0) is 0 Å². The number of nitriles is 1. The first kappa shape index (κ1) is 16.7. The van der Waals surface area contributed by atoms with Crippen LogP contribution >= 0.6 is 0 Å². The molecule has 1 aromatic carbocycles. The third kappa shape index (κ3) is 2.96. The fourth-order valence-electron chi connectivity index (χ4n) is 4.11. The van der Waals surface area contributed by atoms with E-state index < -0.39 is 0 Å². The quantitative estimate of drug-likeness (QED) is 0.751. The van der Waals surface area contributed by atoms with E-state index in [0.717, 1.165) is 18.8 Å². The second-order valence-electron chi connectivity index (χ2n) is 7.34. The summed E-state index contributed by atoms with van der Waals surface area (Å²) < 4.78 is 1.97. The maximum Gasteiger partial charge on any atom is 0.158 e. The first-order chi connectivity index (χ1) is 13.7. The average Bonchev–Trinajstić information content (AvgIpc) is 3.44. The van der Waals surface area contributed by atoms with Gasteiger partial charge in [-0.2, -0.15) is 5.26 Å². The first-order valence-corrected chi connectivity index (χ1v) is 9.30. The van der Waals surface area contributed by atoms with Crippen LogP contribution in [0, 0.1) is 11.3 Å². The fraction of sp³-hybridized carbons (Fsp3) is 0.300. The number of nitrogens with zero attached hydrogens (tertiary/aromatic N) is 7. The van der Waals surface area contributed by atoms with E-state index in [1.54, 1.807) is 6.33 Å². The largest absolute Gasteiger partial charge is 0.366 e. The van der Waals surface area contributed by atoms with Gasteiger partial charge in [0, 0.05) is 36.5 Å². The van der Waals surface area contributed by atoms with Crippen LogP contribution in [0.2, 0.25) is 0 Å². The molecule has 28 heavy (non-hydrogen) atoms. The van der Waals surface area contributed by atoms with Crippen molar-refractivity contribution in [2.45, 2.75) is 18.5 Å². The number of rotatable bonds is 4. The minimum absolute atomic E-state index is 0.286. The highest BCUT2D eigenvalue weighted by Crippen LogP contribution is 2.33. The Morgan fingerprint density at radius 3 is 2.46 bits per heavy atom. The summed E-state index contributed by atoms with van der Waals surface area (Å²) in [6.07, 6.45) is 7.89. The zero-order chi connectivity index (χ0) is 19.1. The molecule has 140 valence electrons. The number of imidazole rings is 1. The predicted octanol–water partition coefficient (Wildman–Crippen LogP) is 2.17. The van der Waals surface area contributed by atoms with Crippen LogP contribution in [0.3, 0.4) is 0 Å². The van der Waals surface area contributed by atoms with Crippen LogP contribution in [0.25, 0.3) is 5.69 Å². The number of nitrogens with one attached hydrogen (secondary N) is 1. The van der Waals surface area contributed by atoms with Crippen molar-refractivity contribution in [3.63, 3.8) is 0 Å². The number of likely N-dealkylation sites (N-methyl/N-ethyl adjacent to an activating group) is 1. The van der Waals surface area contributed by atoms with E-state index >= 15 is 0 Å². The van der Waals surface area contributed by atoms with Crippen molar-refractivity contribution in [1.29, 1.82) is 5.26 Å². The number of likely N-dealkylation sites (tertiary alicyclic amines) is 1. The lowest BCUT2D eigenvalue weighted by atomic mass is 10.2. The fourth-order valence-corrected chi connectivity index (χ4v) is 4.11. The lowest BCUT2D eigenvalue weighted by Crippen LogP contribution is -2.44. The molecule has 3 aromatic rings. The molecule has 2 aliphatic rings. The van der Waals surface area contributed by atoms with Gasteiger partial charge in [0.05, 0.1) is 18.6 Å². The Labute approximate surface area is 163 Å². The van der Waals surface area contributed by atoms with Crippen molar-refractivity contribution in [3.05, 3.63) is 54.9 Å². The van der Waals surface area contributed by atoms with Gasteiger partial charge in [-0.3, -0.25) is 4.90 Å². The van der Waals surface area contributed by atoms with Crippen molar-refractivity contribution >= 4 is 17.3 Å². The standard InChI is InChI=1S/C20H20N8/c1-26-10-18-6-17(26)11-28(18)16-4-2-15(3-5-16)27-12-20(24-13-27)25-19-9-22-14(7-21)8-23-19/h2-5,8-9,12-13,17-18H,6,10-11H2,1H3,(H,23,25). The molecule has 8 heteroatoms. The molecule has 2 fully saturated rings. The summed E-state index contributed by atoms with van der Waals surface area (Å²) >= 11 is 0. The number of fused-ring (bicyclic) bond motifs is 2. The zero-order valence-electron chi connectivity index (χ0n) is 15.5. The molecule has 0 spiro atoms. The maximum absolute atomic E-state index is 8.79. The summed E-state index contributed by atoms with van der Waals surface area (Å²) in [6.45, 7) is 2.27. The highest BCUT2D eigenvalue weighted by atomic mass is 15.3. The van der Waals surface area contributed by atoms with Gasteiger partial charge in [-0.05, 0) is 37.7 Å². The first-order valence-electron chi connectivity index (χ1n) is 9.30. The molecule has 2 bridgehead atoms. The zero-order valence-corrected chi connectivity index (χ0v) is 15.5. The molecule has 2 atom stereocenters. The molecule has 0 radical (unpaired) electrons. The summed E-state index contributed by atoms with van der Waals surface area (Å²) in [5.74, 6) is 1.22. The average molecular weight is 372 g/mol. The number of anilines is 3. The Morgan fingerprint density at radius 1 is 1.00 bits per heavy atom. The molecule has 8 nitrogen and oxygen atoms in total. The Hall–Kier alpha value is -3.44. The van der Waals surface area contributed by atoms with Gasteiger partial charge >= 0.3 is 0 Å². The smallest absolute Gasteiger partial charge is 0.158 e. The van der Waals surface area contributed by atoms with Crippen LogP contribution in [-0.4, -0.2) is 56.6 Å². The van der Waals surface area contributed by atoms with Crippen LogP contribution in [0.1, 0.15) is 12.1 Å². The molecule has 2 aliphatic heterocycles. The number of piperazine rings is 1. The van der Waals surface area contributed by atoms with Gasteiger partial charge < -0.3 is 14.8 Å². The third-order valence-corrected chi connectivity index (χ3v) is 5.60. The van der Waals surface area contributed by atoms with Gasteiger partial charge in [-0.25, -0.2) is 15.0 Å². The summed E-state index contributed by atoms with van der Waals surface area (Å²) in [6, 6.07) is 11.9. The molecular formula is C20H20N8. The normalized spacial score (nSPS) is 21.1. The van der Waals surface area contributed by atoms with Crippen molar-refractivity contribution < 1.29 is 0 Å². The summed E-state index contributed by atoms with van der Waals surface area (Å²) in [5.41, 5.74) is 2.63.